The first-order valence-electron chi connectivity index (χ1n) is 6.77. The van der Waals surface area contributed by atoms with Gasteiger partial charge < -0.3 is 10.0 Å². The molecule has 1 amide bonds. The lowest BCUT2D eigenvalue weighted by atomic mass is 10.2. The maximum absolute atomic E-state index is 12.1. The molecule has 0 aliphatic carbocycles. The number of carbonyl (C=O) groups excluding carboxylic acids is 1. The van der Waals surface area contributed by atoms with E-state index < -0.39 is 0 Å². The molecule has 0 bridgehead atoms. The summed E-state index contributed by atoms with van der Waals surface area (Å²) in [5.74, 6) is 1.36. The van der Waals surface area contributed by atoms with Crippen LogP contribution in [0, 0.1) is 0 Å². The van der Waals surface area contributed by atoms with Crippen molar-refractivity contribution >= 4 is 29.3 Å². The molecule has 112 valence electrons. The Kier molecular flexibility index (Phi) is 8.04. The molecular weight excluding hydrogens is 294 g/mol. The van der Waals surface area contributed by atoms with Crippen LogP contribution in [0.4, 0.5) is 0 Å². The molecule has 0 aliphatic rings. The van der Waals surface area contributed by atoms with E-state index in [1.807, 2.05) is 43.0 Å². The number of amides is 1. The number of carbonyl (C=O) groups is 1. The summed E-state index contributed by atoms with van der Waals surface area (Å²) in [7, 11) is 0. The summed E-state index contributed by atoms with van der Waals surface area (Å²) in [5.41, 5.74) is 1.13. The molecule has 5 heteroatoms. The number of hydrogen-bond acceptors (Lipinski definition) is 3. The van der Waals surface area contributed by atoms with E-state index in [9.17, 15) is 4.79 Å². The van der Waals surface area contributed by atoms with Crippen molar-refractivity contribution < 1.29 is 9.90 Å². The van der Waals surface area contributed by atoms with Crippen molar-refractivity contribution in [2.24, 2.45) is 0 Å². The zero-order chi connectivity index (χ0) is 15.0. The summed E-state index contributed by atoms with van der Waals surface area (Å²) in [6.07, 6.45) is 0.628. The van der Waals surface area contributed by atoms with Crippen LogP contribution >= 0.6 is 23.4 Å². The van der Waals surface area contributed by atoms with Crippen molar-refractivity contribution in [3.63, 3.8) is 0 Å². The van der Waals surface area contributed by atoms with Crippen LogP contribution in [0.15, 0.2) is 24.3 Å². The Morgan fingerprint density at radius 2 is 2.20 bits per heavy atom. The molecule has 1 aromatic rings. The summed E-state index contributed by atoms with van der Waals surface area (Å²) in [6.45, 7) is 4.73. The Morgan fingerprint density at radius 3 is 2.80 bits per heavy atom. The van der Waals surface area contributed by atoms with Crippen molar-refractivity contribution in [3.8, 4) is 0 Å². The van der Waals surface area contributed by atoms with E-state index in [4.69, 9.17) is 16.7 Å². The fourth-order valence-electron chi connectivity index (χ4n) is 1.88. The number of aliphatic hydroxyl groups excluding tert-OH is 1. The van der Waals surface area contributed by atoms with Gasteiger partial charge in [-0.15, -0.1) is 11.8 Å². The minimum absolute atomic E-state index is 0.117. The second-order valence-corrected chi connectivity index (χ2v) is 6.30. The van der Waals surface area contributed by atoms with E-state index in [1.165, 1.54) is 0 Å². The molecule has 0 saturated heterocycles. The van der Waals surface area contributed by atoms with Crippen LogP contribution in [-0.4, -0.2) is 40.9 Å². The fraction of sp³-hybridized carbons (Fsp3) is 0.533. The van der Waals surface area contributed by atoms with E-state index in [-0.39, 0.29) is 18.6 Å². The third kappa shape index (κ3) is 6.16. The van der Waals surface area contributed by atoms with Crippen LogP contribution in [0.25, 0.3) is 0 Å². The third-order valence-electron chi connectivity index (χ3n) is 2.88. The van der Waals surface area contributed by atoms with Gasteiger partial charge in [0.05, 0.1) is 5.75 Å². The van der Waals surface area contributed by atoms with Crippen LogP contribution in [0.1, 0.15) is 25.8 Å². The largest absolute Gasteiger partial charge is 0.396 e. The van der Waals surface area contributed by atoms with Gasteiger partial charge in [0.1, 0.15) is 0 Å². The summed E-state index contributed by atoms with van der Waals surface area (Å²) in [4.78, 5) is 14.0. The molecule has 0 saturated carbocycles. The van der Waals surface area contributed by atoms with Gasteiger partial charge in [0, 0.05) is 30.0 Å². The molecular formula is C15H22ClNO2S. The van der Waals surface area contributed by atoms with Gasteiger partial charge in [-0.25, -0.2) is 0 Å². The predicted octanol–water partition coefficient (Wildman–Crippen LogP) is 3.19. The highest BCUT2D eigenvalue weighted by molar-refractivity contribution is 7.99. The number of rotatable bonds is 8. The molecule has 0 heterocycles. The number of benzene rings is 1. The molecule has 1 rings (SSSR count). The third-order valence-corrected chi connectivity index (χ3v) is 4.11. The first-order valence-corrected chi connectivity index (χ1v) is 8.30. The van der Waals surface area contributed by atoms with Gasteiger partial charge in [-0.2, -0.15) is 0 Å². The first kappa shape index (κ1) is 17.3. The van der Waals surface area contributed by atoms with Gasteiger partial charge in [0.25, 0.3) is 0 Å². The van der Waals surface area contributed by atoms with Gasteiger partial charge in [0.15, 0.2) is 0 Å². The van der Waals surface area contributed by atoms with Crippen molar-refractivity contribution in [1.29, 1.82) is 0 Å². The van der Waals surface area contributed by atoms with E-state index >= 15 is 0 Å². The Balaban J connectivity index is 2.41. The first-order chi connectivity index (χ1) is 9.54. The second kappa shape index (κ2) is 9.27. The van der Waals surface area contributed by atoms with Crippen LogP contribution in [-0.2, 0) is 10.5 Å². The maximum Gasteiger partial charge on any atom is 0.232 e. The Labute approximate surface area is 130 Å². The lowest BCUT2D eigenvalue weighted by Gasteiger charge is -2.26. The molecule has 1 N–H and O–H groups in total. The number of aliphatic hydroxyl groups is 1. The van der Waals surface area contributed by atoms with Crippen molar-refractivity contribution in [1.82, 2.24) is 4.90 Å². The van der Waals surface area contributed by atoms with E-state index in [2.05, 4.69) is 0 Å². The SMILES string of the molecule is CC(C)N(CCCO)C(=O)CSCc1cccc(Cl)c1. The van der Waals surface area contributed by atoms with Crippen LogP contribution in [0.2, 0.25) is 5.02 Å². The molecule has 1 aromatic carbocycles. The van der Waals surface area contributed by atoms with Crippen LogP contribution < -0.4 is 0 Å². The van der Waals surface area contributed by atoms with Crippen LogP contribution in [0.3, 0.4) is 0 Å². The van der Waals surface area contributed by atoms with Crippen molar-refractivity contribution in [3.05, 3.63) is 34.9 Å². The normalized spacial score (nSPS) is 10.8. The predicted molar refractivity (Wildman–Crippen MR) is 86.2 cm³/mol. The Morgan fingerprint density at radius 1 is 1.45 bits per heavy atom. The topological polar surface area (TPSA) is 40.5 Å². The Bertz CT molecular complexity index is 426. The standard InChI is InChI=1S/C15H22ClNO2S/c1-12(2)17(7-4-8-18)15(19)11-20-10-13-5-3-6-14(16)9-13/h3,5-6,9,12,18H,4,7-8,10-11H2,1-2H3. The minimum Gasteiger partial charge on any atom is -0.396 e. The average molecular weight is 316 g/mol. The lowest BCUT2D eigenvalue weighted by molar-refractivity contribution is -0.130. The zero-order valence-electron chi connectivity index (χ0n) is 12.0. The van der Waals surface area contributed by atoms with Crippen molar-refractivity contribution in [2.45, 2.75) is 32.1 Å². The molecule has 20 heavy (non-hydrogen) atoms. The highest BCUT2D eigenvalue weighted by atomic mass is 35.5. The van der Waals surface area contributed by atoms with E-state index in [0.717, 1.165) is 16.3 Å². The molecule has 0 unspecified atom stereocenters. The monoisotopic (exact) mass is 315 g/mol. The summed E-state index contributed by atoms with van der Waals surface area (Å²) in [6, 6.07) is 7.86. The number of halogens is 1. The lowest BCUT2D eigenvalue weighted by Crippen LogP contribution is -2.39. The minimum atomic E-state index is 0.117. The molecule has 3 nitrogen and oxygen atoms in total. The molecule has 0 aromatic heterocycles. The number of nitrogens with zero attached hydrogens (tertiary/aromatic N) is 1. The van der Waals surface area contributed by atoms with Crippen molar-refractivity contribution in [2.75, 3.05) is 18.9 Å². The summed E-state index contributed by atoms with van der Waals surface area (Å²) >= 11 is 7.52. The summed E-state index contributed by atoms with van der Waals surface area (Å²) in [5, 5.41) is 9.60. The molecule has 0 spiro atoms. The zero-order valence-corrected chi connectivity index (χ0v) is 13.6. The fourth-order valence-corrected chi connectivity index (χ4v) is 2.95. The van der Waals surface area contributed by atoms with Gasteiger partial charge in [-0.3, -0.25) is 4.79 Å². The van der Waals surface area contributed by atoms with Crippen LogP contribution in [0.5, 0.6) is 0 Å². The average Bonchev–Trinajstić information content (AvgIpc) is 2.39. The number of thioether (sulfide) groups is 1. The molecule has 0 aliphatic heterocycles. The summed E-state index contributed by atoms with van der Waals surface area (Å²) < 4.78 is 0. The Hall–Kier alpha value is -0.710. The van der Waals surface area contributed by atoms with E-state index in [1.54, 1.807) is 11.8 Å². The van der Waals surface area contributed by atoms with Gasteiger partial charge in [-0.1, -0.05) is 23.7 Å². The van der Waals surface area contributed by atoms with E-state index in [0.29, 0.717) is 18.7 Å². The van der Waals surface area contributed by atoms with Gasteiger partial charge >= 0.3 is 0 Å². The molecule has 0 fully saturated rings. The highest BCUT2D eigenvalue weighted by Gasteiger charge is 2.16. The smallest absolute Gasteiger partial charge is 0.232 e. The quantitative estimate of drug-likeness (QED) is 0.801. The van der Waals surface area contributed by atoms with Gasteiger partial charge in [0.2, 0.25) is 5.91 Å². The highest BCUT2D eigenvalue weighted by Crippen LogP contribution is 2.17. The maximum atomic E-state index is 12.1. The van der Waals surface area contributed by atoms with Gasteiger partial charge in [-0.05, 0) is 38.0 Å². The molecule has 0 radical (unpaired) electrons. The number of hydrogen-bond donors (Lipinski definition) is 1. The second-order valence-electron chi connectivity index (χ2n) is 4.88. The molecule has 0 atom stereocenters.